The Kier molecular flexibility index (Phi) is 5.98. The maximum absolute atomic E-state index is 12.7. The van der Waals surface area contributed by atoms with Crippen molar-refractivity contribution < 1.29 is 13.7 Å². The van der Waals surface area contributed by atoms with Gasteiger partial charge >= 0.3 is 0 Å². The number of anilines is 2. The SMILES string of the molecule is COc1ccnc(-c2cc(NC(=O)c3ccc(N4CCNS4=O)cc3)ccc2Cl)c1. The van der Waals surface area contributed by atoms with E-state index in [0.29, 0.717) is 46.4 Å². The highest BCUT2D eigenvalue weighted by Gasteiger charge is 2.20. The standard InChI is InChI=1S/C21H19ClN4O3S/c1-29-17-8-9-23-20(13-17)18-12-15(4-7-19(18)22)25-21(27)14-2-5-16(6-3-14)26-11-10-24-30(26)28/h2-9,12-13,24H,10-11H2,1H3,(H,25,27). The van der Waals surface area contributed by atoms with Crippen LogP contribution in [0, 0.1) is 0 Å². The van der Waals surface area contributed by atoms with Crippen molar-refractivity contribution in [1.82, 2.24) is 9.71 Å². The molecule has 0 saturated carbocycles. The molecule has 2 heterocycles. The average molecular weight is 443 g/mol. The van der Waals surface area contributed by atoms with Crippen LogP contribution in [0.25, 0.3) is 11.3 Å². The second-order valence-corrected chi connectivity index (χ2v) is 8.16. The highest BCUT2D eigenvalue weighted by molar-refractivity contribution is 7.84. The number of nitrogens with zero attached hydrogens (tertiary/aromatic N) is 2. The molecule has 1 amide bonds. The summed E-state index contributed by atoms with van der Waals surface area (Å²) < 4.78 is 21.7. The van der Waals surface area contributed by atoms with Gasteiger partial charge in [-0.1, -0.05) is 11.6 Å². The van der Waals surface area contributed by atoms with Gasteiger partial charge in [0.1, 0.15) is 5.75 Å². The number of aromatic nitrogens is 1. The summed E-state index contributed by atoms with van der Waals surface area (Å²) in [5.74, 6) is 0.411. The molecular formula is C21H19ClN4O3S. The lowest BCUT2D eigenvalue weighted by Crippen LogP contribution is -2.22. The lowest BCUT2D eigenvalue weighted by molar-refractivity contribution is 0.102. The maximum Gasteiger partial charge on any atom is 0.255 e. The smallest absolute Gasteiger partial charge is 0.255 e. The van der Waals surface area contributed by atoms with E-state index in [2.05, 4.69) is 15.0 Å². The quantitative estimate of drug-likeness (QED) is 0.631. The zero-order valence-electron chi connectivity index (χ0n) is 16.1. The summed E-state index contributed by atoms with van der Waals surface area (Å²) >= 11 is 5.11. The first kappa shape index (κ1) is 20.3. The highest BCUT2D eigenvalue weighted by atomic mass is 35.5. The van der Waals surface area contributed by atoms with Gasteiger partial charge < -0.3 is 10.1 Å². The third kappa shape index (κ3) is 4.30. The van der Waals surface area contributed by atoms with Gasteiger partial charge in [-0.25, -0.2) is 8.93 Å². The third-order valence-corrected chi connectivity index (χ3v) is 6.20. The fourth-order valence-corrected chi connectivity index (χ4v) is 4.29. The van der Waals surface area contributed by atoms with E-state index >= 15 is 0 Å². The van der Waals surface area contributed by atoms with Crippen molar-refractivity contribution in [3.05, 3.63) is 71.4 Å². The van der Waals surface area contributed by atoms with Gasteiger partial charge in [0.05, 0.1) is 23.5 Å². The molecule has 1 unspecified atom stereocenters. The number of hydrogen-bond acceptors (Lipinski definition) is 4. The van der Waals surface area contributed by atoms with Gasteiger partial charge in [-0.3, -0.25) is 14.1 Å². The van der Waals surface area contributed by atoms with Crippen LogP contribution >= 0.6 is 11.6 Å². The Hall–Kier alpha value is -2.94. The monoisotopic (exact) mass is 442 g/mol. The molecule has 0 bridgehead atoms. The molecule has 0 spiro atoms. The molecule has 2 aromatic carbocycles. The van der Waals surface area contributed by atoms with E-state index in [4.69, 9.17) is 16.3 Å². The largest absolute Gasteiger partial charge is 0.497 e. The van der Waals surface area contributed by atoms with Crippen LogP contribution in [0.4, 0.5) is 11.4 Å². The molecule has 1 aliphatic rings. The molecule has 30 heavy (non-hydrogen) atoms. The van der Waals surface area contributed by atoms with Crippen LogP contribution in [0.15, 0.2) is 60.8 Å². The molecule has 1 aliphatic heterocycles. The lowest BCUT2D eigenvalue weighted by atomic mass is 10.1. The van der Waals surface area contributed by atoms with Crippen molar-refractivity contribution >= 4 is 40.1 Å². The summed E-state index contributed by atoms with van der Waals surface area (Å²) in [4.78, 5) is 17.0. The summed E-state index contributed by atoms with van der Waals surface area (Å²) in [6, 6.07) is 15.7. The molecule has 7 nitrogen and oxygen atoms in total. The van der Waals surface area contributed by atoms with E-state index < -0.39 is 11.2 Å². The van der Waals surface area contributed by atoms with Gasteiger partial charge in [-0.05, 0) is 48.5 Å². The molecule has 1 atom stereocenters. The van der Waals surface area contributed by atoms with Gasteiger partial charge in [0.15, 0.2) is 11.2 Å². The molecule has 4 rings (SSSR count). The van der Waals surface area contributed by atoms with E-state index in [1.165, 1.54) is 0 Å². The predicted octanol–water partition coefficient (Wildman–Crippen LogP) is 3.65. The van der Waals surface area contributed by atoms with Gasteiger partial charge in [0, 0.05) is 42.2 Å². The molecule has 9 heteroatoms. The van der Waals surface area contributed by atoms with Crippen LogP contribution in [-0.2, 0) is 11.2 Å². The van der Waals surface area contributed by atoms with Crippen LogP contribution < -0.4 is 19.1 Å². The number of benzene rings is 2. The summed E-state index contributed by atoms with van der Waals surface area (Å²) in [6.45, 7) is 1.32. The van der Waals surface area contributed by atoms with E-state index in [0.717, 1.165) is 5.69 Å². The van der Waals surface area contributed by atoms with E-state index in [9.17, 15) is 9.00 Å². The van der Waals surface area contributed by atoms with Gasteiger partial charge in [-0.15, -0.1) is 0 Å². The molecule has 1 fully saturated rings. The molecule has 0 aliphatic carbocycles. The molecule has 154 valence electrons. The fraction of sp³-hybridized carbons (Fsp3) is 0.143. The van der Waals surface area contributed by atoms with Gasteiger partial charge in [0.2, 0.25) is 0 Å². The minimum absolute atomic E-state index is 0.255. The number of carbonyl (C=O) groups is 1. The molecule has 3 aromatic rings. The van der Waals surface area contributed by atoms with Crippen molar-refractivity contribution in [3.8, 4) is 17.0 Å². The zero-order valence-corrected chi connectivity index (χ0v) is 17.7. The summed E-state index contributed by atoms with van der Waals surface area (Å²) in [5.41, 5.74) is 3.22. The molecule has 2 N–H and O–H groups in total. The Labute approximate surface area is 181 Å². The minimum atomic E-state index is -1.23. The summed E-state index contributed by atoms with van der Waals surface area (Å²) in [6.07, 6.45) is 1.64. The van der Waals surface area contributed by atoms with Gasteiger partial charge in [-0.2, -0.15) is 0 Å². The normalized spacial score (nSPS) is 15.8. The maximum atomic E-state index is 12.7. The van der Waals surface area contributed by atoms with Gasteiger partial charge in [0.25, 0.3) is 5.91 Å². The zero-order chi connectivity index (χ0) is 21.1. The number of rotatable bonds is 5. The van der Waals surface area contributed by atoms with Crippen LogP contribution in [0.1, 0.15) is 10.4 Å². The number of carbonyl (C=O) groups excluding carboxylic acids is 1. The number of pyridine rings is 1. The number of hydrogen-bond donors (Lipinski definition) is 2. The molecular weight excluding hydrogens is 424 g/mol. The first-order valence-electron chi connectivity index (χ1n) is 9.19. The second-order valence-electron chi connectivity index (χ2n) is 6.52. The summed E-state index contributed by atoms with van der Waals surface area (Å²) in [5, 5.41) is 3.40. The van der Waals surface area contributed by atoms with Crippen LogP contribution in [0.2, 0.25) is 5.02 Å². The van der Waals surface area contributed by atoms with Crippen LogP contribution in [0.3, 0.4) is 0 Å². The fourth-order valence-electron chi connectivity index (χ4n) is 3.09. The van der Waals surface area contributed by atoms with Crippen molar-refractivity contribution in [1.29, 1.82) is 0 Å². The Balaban J connectivity index is 1.52. The van der Waals surface area contributed by atoms with E-state index in [1.807, 2.05) is 0 Å². The van der Waals surface area contributed by atoms with E-state index in [1.54, 1.807) is 72.2 Å². The lowest BCUT2D eigenvalue weighted by Gasteiger charge is -2.15. The number of halogens is 1. The van der Waals surface area contributed by atoms with Crippen molar-refractivity contribution in [2.24, 2.45) is 0 Å². The minimum Gasteiger partial charge on any atom is -0.497 e. The summed E-state index contributed by atoms with van der Waals surface area (Å²) in [7, 11) is 1.58. The van der Waals surface area contributed by atoms with E-state index in [-0.39, 0.29) is 5.91 Å². The predicted molar refractivity (Wildman–Crippen MR) is 119 cm³/mol. The molecule has 1 aromatic heterocycles. The Morgan fingerprint density at radius 3 is 2.70 bits per heavy atom. The number of methoxy groups -OCH3 is 1. The number of nitrogens with one attached hydrogen (secondary N) is 2. The van der Waals surface area contributed by atoms with Crippen LogP contribution in [-0.4, -0.2) is 35.3 Å². The topological polar surface area (TPSA) is 83.6 Å². The molecule has 1 saturated heterocycles. The Bertz CT molecular complexity index is 1110. The Morgan fingerprint density at radius 2 is 2.00 bits per heavy atom. The number of amides is 1. The van der Waals surface area contributed by atoms with Crippen molar-refractivity contribution in [2.45, 2.75) is 0 Å². The Morgan fingerprint density at radius 1 is 1.20 bits per heavy atom. The first-order chi connectivity index (χ1) is 14.5. The first-order valence-corrected chi connectivity index (χ1v) is 10.7. The second kappa shape index (κ2) is 8.83. The molecule has 0 radical (unpaired) electrons. The third-order valence-electron chi connectivity index (χ3n) is 4.63. The highest BCUT2D eigenvalue weighted by Crippen LogP contribution is 2.31. The van der Waals surface area contributed by atoms with Crippen LogP contribution in [0.5, 0.6) is 5.75 Å². The number of ether oxygens (including phenoxy) is 1. The average Bonchev–Trinajstić information content (AvgIpc) is 3.21. The van der Waals surface area contributed by atoms with Crippen molar-refractivity contribution in [3.63, 3.8) is 0 Å². The van der Waals surface area contributed by atoms with Crippen molar-refractivity contribution in [2.75, 3.05) is 29.8 Å².